The molecule has 7 nitrogen and oxygen atoms in total. The van der Waals surface area contributed by atoms with Gasteiger partial charge < -0.3 is 14.2 Å². The molecule has 2 fully saturated rings. The summed E-state index contributed by atoms with van der Waals surface area (Å²) in [6, 6.07) is 7.45. The molecule has 186 valence electrons. The summed E-state index contributed by atoms with van der Waals surface area (Å²) in [6.45, 7) is 2.31. The maximum atomic E-state index is 13.3. The number of carbonyl (C=O) groups is 1. The van der Waals surface area contributed by atoms with Crippen molar-refractivity contribution in [1.82, 2.24) is 14.3 Å². The number of hydrogen-bond donors (Lipinski definition) is 0. The number of pyridine rings is 1. The molecule has 3 aromatic rings. The van der Waals surface area contributed by atoms with Crippen molar-refractivity contribution in [2.24, 2.45) is 5.92 Å². The number of nitrogens with zero attached hydrogens (tertiary/aromatic N) is 3. The fourth-order valence-corrected chi connectivity index (χ4v) is 4.69. The molecular formula is C26H29F2N3O4. The van der Waals surface area contributed by atoms with E-state index in [1.54, 1.807) is 12.3 Å². The van der Waals surface area contributed by atoms with E-state index in [0.717, 1.165) is 50.4 Å². The Hall–Kier alpha value is -3.04. The van der Waals surface area contributed by atoms with Crippen LogP contribution in [-0.2, 0) is 4.74 Å². The summed E-state index contributed by atoms with van der Waals surface area (Å²) in [6.07, 6.45) is 5.87. The summed E-state index contributed by atoms with van der Waals surface area (Å²) in [4.78, 5) is 19.8. The Morgan fingerprint density at radius 2 is 1.94 bits per heavy atom. The highest BCUT2D eigenvalue weighted by Gasteiger charge is 2.30. The summed E-state index contributed by atoms with van der Waals surface area (Å²) in [5.41, 5.74) is 3.20. The predicted octanol–water partition coefficient (Wildman–Crippen LogP) is 4.99. The average Bonchev–Trinajstić information content (AvgIpc) is 3.57. The normalized spacial score (nSPS) is 17.6. The molecule has 0 bridgehead atoms. The van der Waals surface area contributed by atoms with Crippen molar-refractivity contribution in [2.75, 3.05) is 33.4 Å². The summed E-state index contributed by atoms with van der Waals surface area (Å²) in [5.74, 6) is 0.106. The minimum atomic E-state index is -3.06. The third-order valence-corrected chi connectivity index (χ3v) is 6.86. The first-order valence-corrected chi connectivity index (χ1v) is 11.9. The summed E-state index contributed by atoms with van der Waals surface area (Å²) < 4.78 is 44.2. The van der Waals surface area contributed by atoms with E-state index < -0.39 is 6.61 Å². The number of halogens is 2. The van der Waals surface area contributed by atoms with E-state index >= 15 is 0 Å². The summed E-state index contributed by atoms with van der Waals surface area (Å²) in [7, 11) is 1.42. The number of fused-ring (bicyclic) bond motifs is 1. The number of morpholine rings is 1. The van der Waals surface area contributed by atoms with Crippen LogP contribution >= 0.6 is 0 Å². The van der Waals surface area contributed by atoms with Crippen LogP contribution in [-0.4, -0.2) is 60.1 Å². The number of carbonyl (C=O) groups excluding carboxylic acids is 1. The van der Waals surface area contributed by atoms with Gasteiger partial charge in [-0.05, 0) is 55.5 Å². The lowest BCUT2D eigenvalue weighted by Crippen LogP contribution is -2.38. The quantitative estimate of drug-likeness (QED) is 0.398. The zero-order valence-electron chi connectivity index (χ0n) is 19.9. The van der Waals surface area contributed by atoms with Crippen molar-refractivity contribution >= 4 is 11.4 Å². The second-order valence-corrected chi connectivity index (χ2v) is 9.16. The van der Waals surface area contributed by atoms with Gasteiger partial charge in [0.2, 0.25) is 0 Å². The van der Waals surface area contributed by atoms with E-state index in [0.29, 0.717) is 23.6 Å². The fraction of sp³-hybridized carbons (Fsp3) is 0.462. The Morgan fingerprint density at radius 1 is 1.20 bits per heavy atom. The lowest BCUT2D eigenvalue weighted by atomic mass is 10.00. The second kappa shape index (κ2) is 9.91. The van der Waals surface area contributed by atoms with E-state index in [9.17, 15) is 13.6 Å². The monoisotopic (exact) mass is 485 g/mol. The number of Topliss-reactive ketones (excluding diaryl/α,β-unsaturated/α-hetero) is 1. The third-order valence-electron chi connectivity index (χ3n) is 6.86. The third kappa shape index (κ3) is 5.01. The van der Waals surface area contributed by atoms with Gasteiger partial charge in [0, 0.05) is 37.3 Å². The minimum absolute atomic E-state index is 0.0684. The standard InChI is InChI=1S/C26H29F2N3O4/c1-16(30-7-9-34-10-8-30)18-5-6-31-20(15-29-24(31)14-18)19-12-22(33-2)25(21(32)11-17-3-4-17)23(13-19)35-26(27)28/h5-6,12-17,26H,3-4,7-11H2,1-2H3. The number of imidazole rings is 1. The Kier molecular flexibility index (Phi) is 6.71. The Balaban J connectivity index is 1.51. The van der Waals surface area contributed by atoms with Gasteiger partial charge in [0.25, 0.3) is 0 Å². The highest BCUT2D eigenvalue weighted by molar-refractivity contribution is 6.02. The largest absolute Gasteiger partial charge is 0.496 e. The van der Waals surface area contributed by atoms with Gasteiger partial charge in [-0.2, -0.15) is 8.78 Å². The van der Waals surface area contributed by atoms with Crippen molar-refractivity contribution in [3.8, 4) is 22.8 Å². The SMILES string of the molecule is COc1cc(-c2cnc3cc(C(C)N4CCOCC4)ccn23)cc(OC(F)F)c1C(=O)CC1CC1. The molecule has 0 N–H and O–H groups in total. The summed E-state index contributed by atoms with van der Waals surface area (Å²) in [5, 5.41) is 0. The molecular weight excluding hydrogens is 456 g/mol. The second-order valence-electron chi connectivity index (χ2n) is 9.16. The van der Waals surface area contributed by atoms with Crippen molar-refractivity contribution in [3.63, 3.8) is 0 Å². The molecule has 0 radical (unpaired) electrons. The molecule has 1 saturated carbocycles. The van der Waals surface area contributed by atoms with Crippen LogP contribution in [0.4, 0.5) is 8.78 Å². The number of aromatic nitrogens is 2. The fourth-order valence-electron chi connectivity index (χ4n) is 4.69. The highest BCUT2D eigenvalue weighted by Crippen LogP contribution is 2.40. The van der Waals surface area contributed by atoms with Gasteiger partial charge in [0.15, 0.2) is 5.78 Å². The van der Waals surface area contributed by atoms with Gasteiger partial charge in [0.05, 0.1) is 32.2 Å². The number of methoxy groups -OCH3 is 1. The van der Waals surface area contributed by atoms with Crippen LogP contribution in [0.1, 0.15) is 48.1 Å². The number of rotatable bonds is 9. The van der Waals surface area contributed by atoms with Crippen LogP contribution in [0.5, 0.6) is 11.5 Å². The maximum Gasteiger partial charge on any atom is 0.387 e. The van der Waals surface area contributed by atoms with Crippen LogP contribution in [0, 0.1) is 5.92 Å². The van der Waals surface area contributed by atoms with Crippen LogP contribution in [0.3, 0.4) is 0 Å². The molecule has 1 aliphatic heterocycles. The van der Waals surface area contributed by atoms with Crippen LogP contribution in [0.2, 0.25) is 0 Å². The average molecular weight is 486 g/mol. The Labute approximate surface area is 202 Å². The number of ether oxygens (including phenoxy) is 3. The lowest BCUT2D eigenvalue weighted by molar-refractivity contribution is -0.0502. The van der Waals surface area contributed by atoms with Crippen molar-refractivity contribution in [3.05, 3.63) is 47.8 Å². The van der Waals surface area contributed by atoms with Crippen molar-refractivity contribution < 1.29 is 27.8 Å². The zero-order chi connectivity index (χ0) is 24.5. The molecule has 0 spiro atoms. The van der Waals surface area contributed by atoms with E-state index in [2.05, 4.69) is 16.8 Å². The smallest absolute Gasteiger partial charge is 0.387 e. The van der Waals surface area contributed by atoms with E-state index in [4.69, 9.17) is 14.2 Å². The zero-order valence-corrected chi connectivity index (χ0v) is 19.9. The Morgan fingerprint density at radius 3 is 2.63 bits per heavy atom. The number of hydrogen-bond acceptors (Lipinski definition) is 6. The molecule has 0 amide bonds. The molecule has 2 aromatic heterocycles. The van der Waals surface area contributed by atoms with Crippen LogP contribution in [0.25, 0.3) is 16.9 Å². The van der Waals surface area contributed by atoms with Crippen LogP contribution < -0.4 is 9.47 Å². The van der Waals surface area contributed by atoms with Gasteiger partial charge in [-0.3, -0.25) is 14.1 Å². The first-order valence-electron chi connectivity index (χ1n) is 11.9. The van der Waals surface area contributed by atoms with Gasteiger partial charge in [-0.25, -0.2) is 4.98 Å². The molecule has 2 aliphatic rings. The van der Waals surface area contributed by atoms with E-state index in [1.807, 2.05) is 22.7 Å². The van der Waals surface area contributed by atoms with Gasteiger partial charge >= 0.3 is 6.61 Å². The molecule has 1 saturated heterocycles. The van der Waals surface area contributed by atoms with Crippen molar-refractivity contribution in [2.45, 2.75) is 38.8 Å². The molecule has 35 heavy (non-hydrogen) atoms. The molecule has 5 rings (SSSR count). The molecule has 9 heteroatoms. The van der Waals surface area contributed by atoms with Gasteiger partial charge in [0.1, 0.15) is 22.7 Å². The summed E-state index contributed by atoms with van der Waals surface area (Å²) >= 11 is 0. The van der Waals surface area contributed by atoms with E-state index in [1.165, 1.54) is 13.2 Å². The minimum Gasteiger partial charge on any atom is -0.496 e. The van der Waals surface area contributed by atoms with Gasteiger partial charge in [-0.1, -0.05) is 0 Å². The molecule has 1 aromatic carbocycles. The first kappa shape index (κ1) is 23.7. The predicted molar refractivity (Wildman–Crippen MR) is 126 cm³/mol. The van der Waals surface area contributed by atoms with E-state index in [-0.39, 0.29) is 28.9 Å². The topological polar surface area (TPSA) is 65.3 Å². The molecule has 1 unspecified atom stereocenters. The van der Waals surface area contributed by atoms with Crippen molar-refractivity contribution in [1.29, 1.82) is 0 Å². The van der Waals surface area contributed by atoms with Crippen LogP contribution in [0.15, 0.2) is 36.7 Å². The maximum absolute atomic E-state index is 13.3. The number of ketones is 1. The van der Waals surface area contributed by atoms with Gasteiger partial charge in [-0.15, -0.1) is 0 Å². The lowest BCUT2D eigenvalue weighted by Gasteiger charge is -2.32. The number of benzene rings is 1. The first-order chi connectivity index (χ1) is 16.9. The molecule has 1 aliphatic carbocycles. The Bertz CT molecular complexity index is 1220. The molecule has 3 heterocycles. The number of alkyl halides is 2. The highest BCUT2D eigenvalue weighted by atomic mass is 19.3. The molecule has 1 atom stereocenters.